The Bertz CT molecular complexity index is 1160. The Morgan fingerprint density at radius 1 is 1.18 bits per heavy atom. The SMILES string of the molecule is CCn1cc(-c2cnc(N3CCCC(F)(F)CC3)c(C(=O)Nc3cccc(C)c3)c2C)cn1. The maximum absolute atomic E-state index is 14.0. The highest BCUT2D eigenvalue weighted by Gasteiger charge is 2.33. The molecule has 8 heteroatoms. The molecule has 3 heterocycles. The number of benzene rings is 1. The summed E-state index contributed by atoms with van der Waals surface area (Å²) in [5.74, 6) is -2.55. The first-order valence-corrected chi connectivity index (χ1v) is 11.3. The van der Waals surface area contributed by atoms with Crippen molar-refractivity contribution in [3.05, 3.63) is 59.5 Å². The summed E-state index contributed by atoms with van der Waals surface area (Å²) in [6.07, 6.45) is 5.32. The predicted octanol–water partition coefficient (Wildman–Crippen LogP) is 5.46. The highest BCUT2D eigenvalue weighted by Crippen LogP contribution is 2.34. The van der Waals surface area contributed by atoms with Crippen molar-refractivity contribution in [2.24, 2.45) is 0 Å². The van der Waals surface area contributed by atoms with Crippen molar-refractivity contribution in [1.82, 2.24) is 14.8 Å². The maximum Gasteiger partial charge on any atom is 0.259 e. The number of amides is 1. The molecule has 0 atom stereocenters. The molecule has 1 aliphatic rings. The van der Waals surface area contributed by atoms with Crippen LogP contribution in [0.25, 0.3) is 11.1 Å². The van der Waals surface area contributed by atoms with E-state index < -0.39 is 5.92 Å². The van der Waals surface area contributed by atoms with Gasteiger partial charge < -0.3 is 10.2 Å². The number of aryl methyl sites for hydroxylation is 2. The average Bonchev–Trinajstić information content (AvgIpc) is 3.17. The molecule has 0 radical (unpaired) electrons. The minimum Gasteiger partial charge on any atom is -0.356 e. The zero-order valence-electron chi connectivity index (χ0n) is 19.2. The Morgan fingerprint density at radius 3 is 2.73 bits per heavy atom. The number of pyridine rings is 1. The second kappa shape index (κ2) is 9.29. The van der Waals surface area contributed by atoms with Gasteiger partial charge in [-0.2, -0.15) is 5.10 Å². The topological polar surface area (TPSA) is 63.1 Å². The van der Waals surface area contributed by atoms with Crippen LogP contribution in [0.3, 0.4) is 0 Å². The molecule has 2 aromatic heterocycles. The molecule has 0 unspecified atom stereocenters. The first-order valence-electron chi connectivity index (χ1n) is 11.3. The van der Waals surface area contributed by atoms with Crippen molar-refractivity contribution >= 4 is 17.4 Å². The number of anilines is 2. The molecule has 33 heavy (non-hydrogen) atoms. The third-order valence-electron chi connectivity index (χ3n) is 6.11. The van der Waals surface area contributed by atoms with E-state index in [9.17, 15) is 13.6 Å². The van der Waals surface area contributed by atoms with Gasteiger partial charge in [0.1, 0.15) is 5.82 Å². The smallest absolute Gasteiger partial charge is 0.259 e. The second-order valence-corrected chi connectivity index (χ2v) is 8.60. The molecule has 4 rings (SSSR count). The number of aromatic nitrogens is 3. The fourth-order valence-corrected chi connectivity index (χ4v) is 4.26. The monoisotopic (exact) mass is 453 g/mol. The first kappa shape index (κ1) is 22.9. The van der Waals surface area contributed by atoms with Gasteiger partial charge in [0.25, 0.3) is 5.91 Å². The van der Waals surface area contributed by atoms with Crippen LogP contribution in [0, 0.1) is 13.8 Å². The van der Waals surface area contributed by atoms with Gasteiger partial charge >= 0.3 is 0 Å². The van der Waals surface area contributed by atoms with Gasteiger partial charge in [0.05, 0.1) is 11.8 Å². The molecule has 0 bridgehead atoms. The third kappa shape index (κ3) is 5.05. The molecule has 0 spiro atoms. The van der Waals surface area contributed by atoms with Crippen LogP contribution in [0.15, 0.2) is 42.9 Å². The zero-order chi connectivity index (χ0) is 23.6. The highest BCUT2D eigenvalue weighted by atomic mass is 19.3. The van der Waals surface area contributed by atoms with Crippen molar-refractivity contribution in [3.8, 4) is 11.1 Å². The highest BCUT2D eigenvalue weighted by molar-refractivity contribution is 6.09. The summed E-state index contributed by atoms with van der Waals surface area (Å²) >= 11 is 0. The van der Waals surface area contributed by atoms with Crippen LogP contribution in [-0.4, -0.2) is 39.7 Å². The Balaban J connectivity index is 1.76. The number of nitrogens with one attached hydrogen (secondary N) is 1. The van der Waals surface area contributed by atoms with E-state index in [0.717, 1.165) is 28.8 Å². The Labute approximate surface area is 192 Å². The minimum atomic E-state index is -2.69. The van der Waals surface area contributed by atoms with Gasteiger partial charge in [0.2, 0.25) is 5.92 Å². The summed E-state index contributed by atoms with van der Waals surface area (Å²) in [7, 11) is 0. The van der Waals surface area contributed by atoms with E-state index in [0.29, 0.717) is 30.0 Å². The van der Waals surface area contributed by atoms with Crippen LogP contribution < -0.4 is 10.2 Å². The molecule has 1 saturated heterocycles. The summed E-state index contributed by atoms with van der Waals surface area (Å²) in [6.45, 7) is 7.14. The van der Waals surface area contributed by atoms with Gasteiger partial charge in [-0.3, -0.25) is 9.48 Å². The lowest BCUT2D eigenvalue weighted by atomic mass is 9.99. The standard InChI is InChI=1S/C25H29F2N5O/c1-4-32-16-19(14-29-32)21-15-28-23(31-11-6-9-25(26,27)10-12-31)22(18(21)3)24(33)30-20-8-5-7-17(2)13-20/h5,7-8,13-16H,4,6,9-12H2,1-3H3,(H,30,33). The zero-order valence-corrected chi connectivity index (χ0v) is 19.2. The summed E-state index contributed by atoms with van der Waals surface area (Å²) < 4.78 is 29.8. The Morgan fingerprint density at radius 2 is 2.00 bits per heavy atom. The number of nitrogens with zero attached hydrogens (tertiary/aromatic N) is 4. The molecule has 1 fully saturated rings. The van der Waals surface area contributed by atoms with E-state index in [-0.39, 0.29) is 25.3 Å². The van der Waals surface area contributed by atoms with E-state index in [1.165, 1.54) is 0 Å². The molecule has 1 N–H and O–H groups in total. The van der Waals surface area contributed by atoms with Crippen molar-refractivity contribution in [2.45, 2.75) is 52.5 Å². The maximum atomic E-state index is 14.0. The van der Waals surface area contributed by atoms with Gasteiger partial charge in [-0.1, -0.05) is 12.1 Å². The molecule has 174 valence electrons. The van der Waals surface area contributed by atoms with Crippen LogP contribution in [-0.2, 0) is 6.54 Å². The molecular weight excluding hydrogens is 424 g/mol. The molecule has 1 aliphatic heterocycles. The van der Waals surface area contributed by atoms with Gasteiger partial charge in [0, 0.05) is 61.7 Å². The van der Waals surface area contributed by atoms with Crippen molar-refractivity contribution < 1.29 is 13.6 Å². The number of rotatable bonds is 5. The molecule has 0 aliphatic carbocycles. The molecule has 1 amide bonds. The van der Waals surface area contributed by atoms with Crippen LogP contribution in [0.5, 0.6) is 0 Å². The molecule has 0 saturated carbocycles. The summed E-state index contributed by atoms with van der Waals surface area (Å²) in [4.78, 5) is 20.0. The van der Waals surface area contributed by atoms with Crippen LogP contribution in [0.4, 0.5) is 20.3 Å². The largest absolute Gasteiger partial charge is 0.356 e. The Hall–Kier alpha value is -3.29. The van der Waals surface area contributed by atoms with Gasteiger partial charge in [0.15, 0.2) is 0 Å². The molecule has 3 aromatic rings. The van der Waals surface area contributed by atoms with Gasteiger partial charge in [-0.25, -0.2) is 13.8 Å². The lowest BCUT2D eigenvalue weighted by Gasteiger charge is -2.26. The minimum absolute atomic E-state index is 0.150. The molecule has 6 nitrogen and oxygen atoms in total. The molecular formula is C25H29F2N5O. The normalized spacial score (nSPS) is 15.8. The number of hydrogen-bond acceptors (Lipinski definition) is 4. The van der Waals surface area contributed by atoms with Crippen LogP contribution in [0.2, 0.25) is 0 Å². The quantitative estimate of drug-likeness (QED) is 0.557. The lowest BCUT2D eigenvalue weighted by Crippen LogP contribution is -2.30. The predicted molar refractivity (Wildman–Crippen MR) is 126 cm³/mol. The van der Waals surface area contributed by atoms with E-state index in [1.54, 1.807) is 12.4 Å². The first-order chi connectivity index (χ1) is 15.8. The number of alkyl halides is 2. The Kier molecular flexibility index (Phi) is 6.44. The summed E-state index contributed by atoms with van der Waals surface area (Å²) in [6, 6.07) is 7.55. The number of hydrogen-bond donors (Lipinski definition) is 1. The third-order valence-corrected chi connectivity index (χ3v) is 6.11. The second-order valence-electron chi connectivity index (χ2n) is 8.60. The summed E-state index contributed by atoms with van der Waals surface area (Å²) in [5.41, 5.74) is 4.52. The summed E-state index contributed by atoms with van der Waals surface area (Å²) in [5, 5.41) is 7.31. The van der Waals surface area contributed by atoms with Crippen molar-refractivity contribution in [2.75, 3.05) is 23.3 Å². The van der Waals surface area contributed by atoms with E-state index in [2.05, 4.69) is 15.4 Å². The van der Waals surface area contributed by atoms with Crippen molar-refractivity contribution in [3.63, 3.8) is 0 Å². The van der Waals surface area contributed by atoms with E-state index >= 15 is 0 Å². The van der Waals surface area contributed by atoms with Crippen LogP contribution >= 0.6 is 0 Å². The average molecular weight is 454 g/mol. The van der Waals surface area contributed by atoms with E-state index in [1.807, 2.05) is 60.8 Å². The van der Waals surface area contributed by atoms with Gasteiger partial charge in [-0.05, 0) is 50.5 Å². The van der Waals surface area contributed by atoms with Crippen LogP contribution in [0.1, 0.15) is 47.7 Å². The number of halogens is 2. The fraction of sp³-hybridized carbons (Fsp3) is 0.400. The lowest BCUT2D eigenvalue weighted by molar-refractivity contribution is -0.0102. The van der Waals surface area contributed by atoms with Crippen molar-refractivity contribution in [1.29, 1.82) is 0 Å². The number of carbonyl (C=O) groups excluding carboxylic acids is 1. The number of carbonyl (C=O) groups is 1. The van der Waals surface area contributed by atoms with E-state index in [4.69, 9.17) is 0 Å². The van der Waals surface area contributed by atoms with Gasteiger partial charge in [-0.15, -0.1) is 0 Å². The molecule has 1 aromatic carbocycles. The fourth-order valence-electron chi connectivity index (χ4n) is 4.26.